The number of nitrogens with one attached hydrogen (secondary N) is 4. The van der Waals surface area contributed by atoms with Crippen LogP contribution >= 0.6 is 0 Å². The van der Waals surface area contributed by atoms with Crippen molar-refractivity contribution in [3.63, 3.8) is 0 Å². The van der Waals surface area contributed by atoms with E-state index < -0.39 is 36.3 Å². The standard InChI is InChI=1S/C33H31N5O8/c1-19-5-3-4-6-25(19)37-33(45)38-26-12-7-20(15-28(26)46-2)16-29(39)35-22-10-8-21(9-11-22)27(17-30(40)41)36-31(42)24-18-34-14-13-23(24)32(43)44/h3-15,18,27H,16-17H2,1-2H3,(H,35,39)(H,36,42)(H,40,41)(H,43,44)(H2,37,38,45)/t27-/m1/s1. The molecule has 0 fully saturated rings. The molecule has 1 atom stereocenters. The minimum Gasteiger partial charge on any atom is -0.495 e. The molecule has 1 aromatic heterocycles. The number of amides is 4. The Bertz CT molecular complexity index is 1770. The fourth-order valence-corrected chi connectivity index (χ4v) is 4.55. The fraction of sp³-hybridized carbons (Fsp3) is 0.152. The van der Waals surface area contributed by atoms with E-state index in [0.717, 1.165) is 11.8 Å². The van der Waals surface area contributed by atoms with Crippen LogP contribution in [0.3, 0.4) is 0 Å². The molecule has 4 rings (SSSR count). The molecule has 0 bridgehead atoms. The van der Waals surface area contributed by atoms with E-state index in [-0.39, 0.29) is 23.5 Å². The van der Waals surface area contributed by atoms with Crippen molar-refractivity contribution in [2.24, 2.45) is 0 Å². The number of ether oxygens (including phenoxy) is 1. The third kappa shape index (κ3) is 8.66. The maximum Gasteiger partial charge on any atom is 0.336 e. The van der Waals surface area contributed by atoms with E-state index in [4.69, 9.17) is 4.74 Å². The number of aromatic carboxylic acids is 1. The first kappa shape index (κ1) is 32.7. The molecule has 13 nitrogen and oxygen atoms in total. The van der Waals surface area contributed by atoms with Gasteiger partial charge in [0.25, 0.3) is 5.91 Å². The number of nitrogens with zero attached hydrogens (tertiary/aromatic N) is 1. The van der Waals surface area contributed by atoms with Gasteiger partial charge >= 0.3 is 18.0 Å². The van der Waals surface area contributed by atoms with Gasteiger partial charge in [-0.2, -0.15) is 0 Å². The topological polar surface area (TPSA) is 196 Å². The second-order valence-corrected chi connectivity index (χ2v) is 10.1. The molecule has 4 aromatic rings. The molecule has 0 radical (unpaired) electrons. The Morgan fingerprint density at radius 2 is 1.57 bits per heavy atom. The highest BCUT2D eigenvalue weighted by Gasteiger charge is 2.23. The van der Waals surface area contributed by atoms with Gasteiger partial charge in [0.1, 0.15) is 5.75 Å². The van der Waals surface area contributed by atoms with Crippen molar-refractivity contribution in [3.8, 4) is 5.75 Å². The van der Waals surface area contributed by atoms with E-state index in [2.05, 4.69) is 26.3 Å². The van der Waals surface area contributed by atoms with Crippen molar-refractivity contribution in [3.05, 3.63) is 113 Å². The lowest BCUT2D eigenvalue weighted by molar-refractivity contribution is -0.137. The molecular formula is C33H31N5O8. The monoisotopic (exact) mass is 625 g/mol. The number of hydrogen-bond donors (Lipinski definition) is 6. The van der Waals surface area contributed by atoms with Crippen LogP contribution in [0, 0.1) is 6.92 Å². The first-order valence-electron chi connectivity index (χ1n) is 13.9. The van der Waals surface area contributed by atoms with E-state index in [9.17, 15) is 34.2 Å². The van der Waals surface area contributed by atoms with Crippen molar-refractivity contribution >= 4 is 46.8 Å². The van der Waals surface area contributed by atoms with E-state index in [0.29, 0.717) is 33.9 Å². The van der Waals surface area contributed by atoms with Gasteiger partial charge in [0, 0.05) is 23.8 Å². The highest BCUT2D eigenvalue weighted by atomic mass is 16.5. The van der Waals surface area contributed by atoms with E-state index in [1.807, 2.05) is 25.1 Å². The zero-order chi connectivity index (χ0) is 33.2. The minimum absolute atomic E-state index is 0.0114. The number of aryl methyl sites for hydroxylation is 1. The number of urea groups is 1. The summed E-state index contributed by atoms with van der Waals surface area (Å²) in [6.45, 7) is 1.88. The number of para-hydroxylation sites is 1. The molecule has 236 valence electrons. The van der Waals surface area contributed by atoms with Crippen molar-refractivity contribution in [2.45, 2.75) is 25.8 Å². The Hall–Kier alpha value is -6.24. The summed E-state index contributed by atoms with van der Waals surface area (Å²) >= 11 is 0. The predicted molar refractivity (Wildman–Crippen MR) is 169 cm³/mol. The number of aromatic nitrogens is 1. The number of hydrogen-bond acceptors (Lipinski definition) is 7. The summed E-state index contributed by atoms with van der Waals surface area (Å²) < 4.78 is 5.42. The van der Waals surface area contributed by atoms with Crippen molar-refractivity contribution in [1.29, 1.82) is 0 Å². The summed E-state index contributed by atoms with van der Waals surface area (Å²) in [5.74, 6) is -3.28. The third-order valence-corrected chi connectivity index (χ3v) is 6.85. The molecule has 4 amide bonds. The van der Waals surface area contributed by atoms with Crippen LogP contribution < -0.4 is 26.0 Å². The number of carbonyl (C=O) groups excluding carboxylic acids is 3. The molecule has 1 heterocycles. The molecule has 13 heteroatoms. The lowest BCUT2D eigenvalue weighted by Gasteiger charge is -2.18. The highest BCUT2D eigenvalue weighted by Crippen LogP contribution is 2.27. The molecule has 0 aliphatic heterocycles. The average Bonchev–Trinajstić information content (AvgIpc) is 3.02. The molecule has 3 aromatic carbocycles. The molecule has 0 saturated heterocycles. The highest BCUT2D eigenvalue weighted by molar-refractivity contribution is 6.05. The normalized spacial score (nSPS) is 11.1. The largest absolute Gasteiger partial charge is 0.495 e. The summed E-state index contributed by atoms with van der Waals surface area (Å²) in [6, 6.07) is 18.3. The van der Waals surface area contributed by atoms with Gasteiger partial charge in [-0.1, -0.05) is 36.4 Å². The number of carbonyl (C=O) groups is 5. The van der Waals surface area contributed by atoms with Crippen LogP contribution in [-0.4, -0.2) is 52.1 Å². The number of carboxylic acids is 2. The SMILES string of the molecule is COc1cc(CC(=O)Nc2ccc([C@@H](CC(=O)O)NC(=O)c3cnccc3C(=O)O)cc2)ccc1NC(=O)Nc1ccccc1C. The molecule has 0 aliphatic rings. The number of carboxylic acid groups (broad SMARTS) is 2. The van der Waals surface area contributed by atoms with Gasteiger partial charge in [0.15, 0.2) is 0 Å². The Labute approximate surface area is 263 Å². The number of methoxy groups -OCH3 is 1. The lowest BCUT2D eigenvalue weighted by Crippen LogP contribution is -2.31. The first-order valence-corrected chi connectivity index (χ1v) is 13.9. The minimum atomic E-state index is -1.32. The Kier molecular flexibility index (Phi) is 10.6. The van der Waals surface area contributed by atoms with Gasteiger partial charge in [0.2, 0.25) is 5.91 Å². The third-order valence-electron chi connectivity index (χ3n) is 6.85. The lowest BCUT2D eigenvalue weighted by atomic mass is 10.0. The molecule has 0 saturated carbocycles. The molecular weight excluding hydrogens is 594 g/mol. The first-order chi connectivity index (χ1) is 22.0. The number of anilines is 3. The van der Waals surface area contributed by atoms with Crippen LogP contribution in [0.25, 0.3) is 0 Å². The molecule has 6 N–H and O–H groups in total. The number of aliphatic carboxylic acids is 1. The smallest absolute Gasteiger partial charge is 0.336 e. The Morgan fingerprint density at radius 3 is 2.24 bits per heavy atom. The second kappa shape index (κ2) is 15.0. The predicted octanol–water partition coefficient (Wildman–Crippen LogP) is 4.87. The maximum atomic E-state index is 12.8. The van der Waals surface area contributed by atoms with E-state index in [1.54, 1.807) is 48.5 Å². The van der Waals surface area contributed by atoms with Crippen LogP contribution in [0.1, 0.15) is 49.9 Å². The van der Waals surface area contributed by atoms with Gasteiger partial charge in [-0.15, -0.1) is 0 Å². The Balaban J connectivity index is 1.38. The quantitative estimate of drug-likeness (QED) is 0.127. The zero-order valence-corrected chi connectivity index (χ0v) is 24.9. The average molecular weight is 626 g/mol. The maximum absolute atomic E-state index is 12.8. The summed E-state index contributed by atoms with van der Waals surface area (Å²) in [5.41, 5.74) is 2.98. The molecule has 0 spiro atoms. The van der Waals surface area contributed by atoms with Gasteiger partial charge in [0.05, 0.1) is 42.8 Å². The number of rotatable bonds is 12. The molecule has 46 heavy (non-hydrogen) atoms. The van der Waals surface area contributed by atoms with E-state index in [1.165, 1.54) is 19.4 Å². The fourth-order valence-electron chi connectivity index (χ4n) is 4.55. The van der Waals surface area contributed by atoms with Crippen LogP contribution in [0.4, 0.5) is 21.9 Å². The zero-order valence-electron chi connectivity index (χ0n) is 24.9. The van der Waals surface area contributed by atoms with Crippen LogP contribution in [0.2, 0.25) is 0 Å². The van der Waals surface area contributed by atoms with Crippen molar-refractivity contribution < 1.29 is 38.9 Å². The molecule has 0 aliphatic carbocycles. The van der Waals surface area contributed by atoms with Gasteiger partial charge in [-0.05, 0) is 60.0 Å². The Morgan fingerprint density at radius 1 is 0.848 bits per heavy atom. The molecule has 0 unspecified atom stereocenters. The summed E-state index contributed by atoms with van der Waals surface area (Å²) in [4.78, 5) is 65.0. The van der Waals surface area contributed by atoms with Gasteiger partial charge < -0.3 is 36.2 Å². The van der Waals surface area contributed by atoms with E-state index >= 15 is 0 Å². The van der Waals surface area contributed by atoms with Crippen LogP contribution in [-0.2, 0) is 16.0 Å². The van der Waals surface area contributed by atoms with Crippen molar-refractivity contribution in [2.75, 3.05) is 23.1 Å². The number of benzene rings is 3. The van der Waals surface area contributed by atoms with Gasteiger partial charge in [-0.3, -0.25) is 19.4 Å². The second-order valence-electron chi connectivity index (χ2n) is 10.1. The number of pyridine rings is 1. The van der Waals surface area contributed by atoms with Crippen molar-refractivity contribution in [1.82, 2.24) is 10.3 Å². The van der Waals surface area contributed by atoms with Crippen LogP contribution in [0.5, 0.6) is 5.75 Å². The summed E-state index contributed by atoms with van der Waals surface area (Å²) in [5, 5.41) is 29.6. The van der Waals surface area contributed by atoms with Gasteiger partial charge in [-0.25, -0.2) is 9.59 Å². The van der Waals surface area contributed by atoms with Crippen LogP contribution in [0.15, 0.2) is 85.2 Å². The summed E-state index contributed by atoms with van der Waals surface area (Å²) in [6.07, 6.45) is 1.85. The summed E-state index contributed by atoms with van der Waals surface area (Å²) in [7, 11) is 1.45.